The standard InChI is InChI=1S/C21H26ClN5O/c1-13(2)12-26-16(5)19(15(4)25-26)11-21(28)23-20-9-14(3)24-27(20)18-8-6-7-17(22)10-18/h6-10,13H,11-12H2,1-5H3,(H,23,28). The molecule has 0 fully saturated rings. The Labute approximate surface area is 170 Å². The van der Waals surface area contributed by atoms with Gasteiger partial charge >= 0.3 is 0 Å². The molecule has 28 heavy (non-hydrogen) atoms. The monoisotopic (exact) mass is 399 g/mol. The first kappa shape index (κ1) is 20.1. The fourth-order valence-electron chi connectivity index (χ4n) is 3.25. The molecule has 0 saturated carbocycles. The van der Waals surface area contributed by atoms with Crippen molar-refractivity contribution in [3.8, 4) is 5.69 Å². The molecule has 2 aromatic heterocycles. The maximum Gasteiger partial charge on any atom is 0.230 e. The van der Waals surface area contributed by atoms with Crippen molar-refractivity contribution in [3.05, 3.63) is 58.0 Å². The van der Waals surface area contributed by atoms with Crippen LogP contribution in [0.3, 0.4) is 0 Å². The number of nitrogens with one attached hydrogen (secondary N) is 1. The third kappa shape index (κ3) is 4.44. The van der Waals surface area contributed by atoms with E-state index in [1.54, 1.807) is 10.7 Å². The number of hydrogen-bond acceptors (Lipinski definition) is 3. The molecule has 148 valence electrons. The van der Waals surface area contributed by atoms with Crippen molar-refractivity contribution >= 4 is 23.3 Å². The lowest BCUT2D eigenvalue weighted by Gasteiger charge is -2.10. The van der Waals surface area contributed by atoms with Crippen LogP contribution >= 0.6 is 11.6 Å². The largest absolute Gasteiger partial charge is 0.310 e. The van der Waals surface area contributed by atoms with E-state index in [4.69, 9.17) is 11.6 Å². The van der Waals surface area contributed by atoms with Crippen LogP contribution in [0, 0.1) is 26.7 Å². The van der Waals surface area contributed by atoms with Crippen LogP contribution in [0.1, 0.15) is 36.5 Å². The van der Waals surface area contributed by atoms with Crippen molar-refractivity contribution in [2.24, 2.45) is 5.92 Å². The molecule has 2 heterocycles. The van der Waals surface area contributed by atoms with Gasteiger partial charge in [0.15, 0.2) is 0 Å². The Morgan fingerprint density at radius 2 is 1.93 bits per heavy atom. The van der Waals surface area contributed by atoms with Crippen LogP contribution in [0.2, 0.25) is 5.02 Å². The first-order valence-electron chi connectivity index (χ1n) is 9.40. The summed E-state index contributed by atoms with van der Waals surface area (Å²) in [6, 6.07) is 9.23. The normalized spacial score (nSPS) is 11.2. The van der Waals surface area contributed by atoms with Crippen molar-refractivity contribution in [1.29, 1.82) is 0 Å². The van der Waals surface area contributed by atoms with Crippen molar-refractivity contribution < 1.29 is 4.79 Å². The first-order valence-corrected chi connectivity index (χ1v) is 9.77. The Morgan fingerprint density at radius 3 is 2.61 bits per heavy atom. The van der Waals surface area contributed by atoms with Gasteiger partial charge in [-0.15, -0.1) is 0 Å². The van der Waals surface area contributed by atoms with E-state index in [2.05, 4.69) is 29.4 Å². The second kappa shape index (κ2) is 8.19. The highest BCUT2D eigenvalue weighted by atomic mass is 35.5. The van der Waals surface area contributed by atoms with Crippen LogP contribution < -0.4 is 5.32 Å². The molecular formula is C21H26ClN5O. The molecule has 7 heteroatoms. The smallest absolute Gasteiger partial charge is 0.230 e. The summed E-state index contributed by atoms with van der Waals surface area (Å²) in [5.74, 6) is 1.02. The van der Waals surface area contributed by atoms with Gasteiger partial charge in [-0.3, -0.25) is 9.48 Å². The van der Waals surface area contributed by atoms with E-state index in [0.717, 1.165) is 34.9 Å². The summed E-state index contributed by atoms with van der Waals surface area (Å²) in [6.45, 7) is 11.0. The van der Waals surface area contributed by atoms with Crippen molar-refractivity contribution in [3.63, 3.8) is 0 Å². The molecular weight excluding hydrogens is 374 g/mol. The summed E-state index contributed by atoms with van der Waals surface area (Å²) < 4.78 is 3.68. The number of hydrogen-bond donors (Lipinski definition) is 1. The van der Waals surface area contributed by atoms with Crippen molar-refractivity contribution in [2.45, 2.75) is 47.6 Å². The van der Waals surface area contributed by atoms with Gasteiger partial charge in [-0.05, 0) is 44.9 Å². The Morgan fingerprint density at radius 1 is 1.18 bits per heavy atom. The number of halogens is 1. The zero-order chi connectivity index (χ0) is 20.4. The molecule has 0 spiro atoms. The van der Waals surface area contributed by atoms with Gasteiger partial charge in [-0.1, -0.05) is 31.5 Å². The predicted octanol–water partition coefficient (Wildman–Crippen LogP) is 4.48. The Kier molecular flexibility index (Phi) is 5.89. The average Bonchev–Trinajstić information content (AvgIpc) is 3.09. The second-order valence-corrected chi connectivity index (χ2v) is 7.95. The number of nitrogens with zero attached hydrogens (tertiary/aromatic N) is 4. The van der Waals surface area contributed by atoms with Crippen molar-refractivity contribution in [2.75, 3.05) is 5.32 Å². The van der Waals surface area contributed by atoms with E-state index < -0.39 is 0 Å². The third-order valence-corrected chi connectivity index (χ3v) is 4.79. The van der Waals surface area contributed by atoms with Gasteiger partial charge in [-0.2, -0.15) is 10.2 Å². The molecule has 3 aromatic rings. The van der Waals surface area contributed by atoms with Crippen LogP contribution in [-0.4, -0.2) is 25.5 Å². The lowest BCUT2D eigenvalue weighted by molar-refractivity contribution is -0.115. The number of anilines is 1. The lowest BCUT2D eigenvalue weighted by Crippen LogP contribution is -2.18. The molecule has 0 aliphatic carbocycles. The fourth-order valence-corrected chi connectivity index (χ4v) is 3.44. The topological polar surface area (TPSA) is 64.7 Å². The molecule has 1 aromatic carbocycles. The number of amides is 1. The van der Waals surface area contributed by atoms with Crippen LogP contribution in [-0.2, 0) is 17.8 Å². The number of aromatic nitrogens is 4. The highest BCUT2D eigenvalue weighted by Crippen LogP contribution is 2.21. The lowest BCUT2D eigenvalue weighted by atomic mass is 10.1. The molecule has 0 saturated heterocycles. The summed E-state index contributed by atoms with van der Waals surface area (Å²) in [4.78, 5) is 12.8. The molecule has 0 aliphatic rings. The van der Waals surface area contributed by atoms with Gasteiger partial charge in [-0.25, -0.2) is 4.68 Å². The minimum Gasteiger partial charge on any atom is -0.310 e. The number of rotatable bonds is 6. The van der Waals surface area contributed by atoms with Crippen LogP contribution in [0.15, 0.2) is 30.3 Å². The van der Waals surface area contributed by atoms with Gasteiger partial charge in [0, 0.05) is 28.9 Å². The number of aryl methyl sites for hydroxylation is 2. The highest BCUT2D eigenvalue weighted by Gasteiger charge is 2.17. The Hall–Kier alpha value is -2.60. The Bertz CT molecular complexity index is 1000. The molecule has 0 bridgehead atoms. The third-order valence-electron chi connectivity index (χ3n) is 4.56. The molecule has 3 rings (SSSR count). The maximum absolute atomic E-state index is 12.8. The van der Waals surface area contributed by atoms with E-state index in [1.807, 2.05) is 49.7 Å². The van der Waals surface area contributed by atoms with Gasteiger partial charge < -0.3 is 5.32 Å². The second-order valence-electron chi connectivity index (χ2n) is 7.51. The van der Waals surface area contributed by atoms with E-state index >= 15 is 0 Å². The predicted molar refractivity (Wildman–Crippen MR) is 112 cm³/mol. The quantitative estimate of drug-likeness (QED) is 0.664. The van der Waals surface area contributed by atoms with Gasteiger partial charge in [0.05, 0.1) is 23.5 Å². The summed E-state index contributed by atoms with van der Waals surface area (Å²) in [5, 5.41) is 12.7. The minimum absolute atomic E-state index is 0.0986. The molecule has 1 N–H and O–H groups in total. The average molecular weight is 400 g/mol. The zero-order valence-corrected chi connectivity index (χ0v) is 17.7. The van der Waals surface area contributed by atoms with Gasteiger partial charge in [0.1, 0.15) is 5.82 Å². The first-order chi connectivity index (χ1) is 13.2. The number of carbonyl (C=O) groups excluding carboxylic acids is 1. The number of benzene rings is 1. The number of carbonyl (C=O) groups is 1. The summed E-state index contributed by atoms with van der Waals surface area (Å²) in [7, 11) is 0. The molecule has 0 atom stereocenters. The van der Waals surface area contributed by atoms with E-state index in [1.165, 1.54) is 0 Å². The molecule has 1 amide bonds. The SMILES string of the molecule is Cc1cc(NC(=O)Cc2c(C)nn(CC(C)C)c2C)n(-c2cccc(Cl)c2)n1. The van der Waals surface area contributed by atoms with E-state index in [0.29, 0.717) is 16.8 Å². The summed E-state index contributed by atoms with van der Waals surface area (Å²) in [5.41, 5.74) is 4.53. The van der Waals surface area contributed by atoms with E-state index in [-0.39, 0.29) is 12.3 Å². The molecule has 0 radical (unpaired) electrons. The van der Waals surface area contributed by atoms with Crippen LogP contribution in [0.25, 0.3) is 5.69 Å². The highest BCUT2D eigenvalue weighted by molar-refractivity contribution is 6.30. The van der Waals surface area contributed by atoms with Crippen molar-refractivity contribution in [1.82, 2.24) is 19.6 Å². The van der Waals surface area contributed by atoms with Gasteiger partial charge in [0.2, 0.25) is 5.91 Å². The van der Waals surface area contributed by atoms with E-state index in [9.17, 15) is 4.79 Å². The summed E-state index contributed by atoms with van der Waals surface area (Å²) in [6.07, 6.45) is 0.273. The zero-order valence-electron chi connectivity index (χ0n) is 17.0. The summed E-state index contributed by atoms with van der Waals surface area (Å²) >= 11 is 6.10. The molecule has 0 aliphatic heterocycles. The van der Waals surface area contributed by atoms with Gasteiger partial charge in [0.25, 0.3) is 0 Å². The minimum atomic E-state index is -0.0986. The Balaban J connectivity index is 1.81. The molecule has 0 unspecified atom stereocenters. The van der Waals surface area contributed by atoms with Crippen LogP contribution in [0.4, 0.5) is 5.82 Å². The maximum atomic E-state index is 12.8. The van der Waals surface area contributed by atoms with Crippen LogP contribution in [0.5, 0.6) is 0 Å². The molecule has 6 nitrogen and oxygen atoms in total. The fraction of sp³-hybridized carbons (Fsp3) is 0.381.